The fourth-order valence-corrected chi connectivity index (χ4v) is 2.94. The minimum atomic E-state index is -0.403. The molecule has 0 fully saturated rings. The Morgan fingerprint density at radius 3 is 2.50 bits per heavy atom. The highest BCUT2D eigenvalue weighted by molar-refractivity contribution is 14.2. The lowest BCUT2D eigenvalue weighted by atomic mass is 9.76. The highest BCUT2D eigenvalue weighted by Gasteiger charge is 2.33. The number of methoxy groups -OCH3 is 1. The third-order valence-electron chi connectivity index (χ3n) is 3.30. The average Bonchev–Trinajstić information content (AvgIpc) is 2.57. The van der Waals surface area contributed by atoms with Crippen molar-refractivity contribution in [2.75, 3.05) is 7.11 Å². The molecule has 0 aliphatic heterocycles. The van der Waals surface area contributed by atoms with E-state index in [4.69, 9.17) is 4.74 Å². The fraction of sp³-hybridized carbons (Fsp3) is 0.706. The Bertz CT molecular complexity index is 396. The largest absolute Gasteiger partial charge is 0.512 e. The summed E-state index contributed by atoms with van der Waals surface area (Å²) >= 11 is 2.13. The van der Waals surface area contributed by atoms with Gasteiger partial charge < -0.3 is 9.84 Å². The van der Waals surface area contributed by atoms with Gasteiger partial charge in [0.1, 0.15) is 5.76 Å². The summed E-state index contributed by atoms with van der Waals surface area (Å²) in [4.78, 5) is 11.7. The van der Waals surface area contributed by atoms with Crippen LogP contribution in [0.2, 0.25) is 0 Å². The molecule has 1 aliphatic rings. The van der Waals surface area contributed by atoms with Gasteiger partial charge in [-0.25, -0.2) is 4.79 Å². The molecule has 0 saturated heterocycles. The molecule has 2 unspecified atom stereocenters. The number of ether oxygens (including phenoxy) is 1. The van der Waals surface area contributed by atoms with E-state index in [9.17, 15) is 9.90 Å². The zero-order valence-corrected chi connectivity index (χ0v) is 17.5. The van der Waals surface area contributed by atoms with Crippen LogP contribution < -0.4 is 0 Å². The number of rotatable bonds is 3. The Hall–Kier alpha value is -0.350. The Balaban J connectivity index is 0. The summed E-state index contributed by atoms with van der Waals surface area (Å²) in [6.07, 6.45) is 3.00. The molecule has 1 rings (SSSR count). The van der Waals surface area contributed by atoms with E-state index in [-0.39, 0.29) is 11.7 Å². The van der Waals surface area contributed by atoms with Crippen LogP contribution in [0.4, 0.5) is 0 Å². The van der Waals surface area contributed by atoms with E-state index in [0.717, 1.165) is 19.3 Å². The molecular formula is C17H29IO3S. The molecule has 1 aliphatic carbocycles. The predicted molar refractivity (Wildman–Crippen MR) is 105 cm³/mol. The van der Waals surface area contributed by atoms with Crippen LogP contribution in [-0.4, -0.2) is 18.2 Å². The zero-order chi connectivity index (χ0) is 17.5. The number of hydrogen-bond donors (Lipinski definition) is 1. The first-order valence-corrected chi connectivity index (χ1v) is 11.2. The number of aliphatic hydroxyl groups is 1. The Morgan fingerprint density at radius 2 is 2.00 bits per heavy atom. The minimum absolute atomic E-state index is 0.0553. The van der Waals surface area contributed by atoms with Gasteiger partial charge in [-0.3, -0.25) is 0 Å². The number of esters is 1. The number of carbonyl (C=O) groups excluding carboxylic acids is 1. The second kappa shape index (κ2) is 15.5. The van der Waals surface area contributed by atoms with Crippen LogP contribution in [0.25, 0.3) is 0 Å². The zero-order valence-electron chi connectivity index (χ0n) is 14.5. The second-order valence-corrected chi connectivity index (χ2v) is 6.05. The number of hydrogen-bond acceptors (Lipinski definition) is 4. The maximum Gasteiger partial charge on any atom is 0.337 e. The lowest BCUT2D eigenvalue weighted by Gasteiger charge is -2.29. The highest BCUT2D eigenvalue weighted by Crippen LogP contribution is 2.37. The SMILES string of the molecule is CC.CC.COC(=O)C1=C(O)CCC(C)C1CCC#CSI. The molecule has 128 valence electrons. The van der Waals surface area contributed by atoms with Crippen LogP contribution in [0.1, 0.15) is 60.3 Å². The van der Waals surface area contributed by atoms with Gasteiger partial charge in [-0.15, -0.1) is 0 Å². The molecule has 0 spiro atoms. The third kappa shape index (κ3) is 8.33. The number of allylic oxidation sites excluding steroid dienone is 1. The Morgan fingerprint density at radius 1 is 1.41 bits per heavy atom. The number of halogens is 1. The molecule has 0 bridgehead atoms. The molecule has 0 aromatic carbocycles. The molecular weight excluding hydrogens is 411 g/mol. The fourth-order valence-electron chi connectivity index (χ4n) is 2.31. The molecule has 1 N–H and O–H groups in total. The lowest BCUT2D eigenvalue weighted by molar-refractivity contribution is -0.137. The van der Waals surface area contributed by atoms with Crippen LogP contribution in [0.3, 0.4) is 0 Å². The first-order valence-electron chi connectivity index (χ1n) is 7.87. The summed E-state index contributed by atoms with van der Waals surface area (Å²) in [7, 11) is 2.81. The van der Waals surface area contributed by atoms with Crippen LogP contribution >= 0.6 is 30.1 Å². The van der Waals surface area contributed by atoms with E-state index in [1.807, 2.05) is 27.7 Å². The maximum atomic E-state index is 11.7. The molecule has 0 aromatic heterocycles. The van der Waals surface area contributed by atoms with Crippen molar-refractivity contribution in [3.05, 3.63) is 11.3 Å². The molecule has 0 aromatic rings. The summed E-state index contributed by atoms with van der Waals surface area (Å²) in [6, 6.07) is 0. The van der Waals surface area contributed by atoms with Gasteiger partial charge in [0.2, 0.25) is 0 Å². The van der Waals surface area contributed by atoms with E-state index in [1.54, 1.807) is 0 Å². The third-order valence-corrected chi connectivity index (χ3v) is 4.18. The van der Waals surface area contributed by atoms with Gasteiger partial charge >= 0.3 is 5.97 Å². The van der Waals surface area contributed by atoms with Gasteiger partial charge in [-0.05, 0) is 38.9 Å². The standard InChI is InChI=1S/C13H17IO3S.2C2H6/c1-9-6-7-11(15)12(13(16)17-2)10(9)5-3-4-8-18-14;2*1-2/h9-10,15H,3,5-7H2,1-2H3;2*1-2H3. The smallest absolute Gasteiger partial charge is 0.337 e. The van der Waals surface area contributed by atoms with Crippen molar-refractivity contribution in [3.63, 3.8) is 0 Å². The number of aliphatic hydroxyl groups excluding tert-OH is 1. The van der Waals surface area contributed by atoms with Gasteiger partial charge in [0.25, 0.3) is 0 Å². The maximum absolute atomic E-state index is 11.7. The van der Waals surface area contributed by atoms with Crippen molar-refractivity contribution in [1.29, 1.82) is 0 Å². The minimum Gasteiger partial charge on any atom is -0.512 e. The summed E-state index contributed by atoms with van der Waals surface area (Å²) in [5, 5.41) is 12.8. The normalized spacial score (nSPS) is 19.6. The van der Waals surface area contributed by atoms with Crippen LogP contribution in [0.15, 0.2) is 11.3 Å². The van der Waals surface area contributed by atoms with Gasteiger partial charge in [-0.1, -0.05) is 40.5 Å². The molecule has 0 amide bonds. The topological polar surface area (TPSA) is 46.5 Å². The lowest BCUT2D eigenvalue weighted by Crippen LogP contribution is -2.26. The predicted octanol–water partition coefficient (Wildman–Crippen LogP) is 5.89. The second-order valence-electron chi connectivity index (χ2n) is 4.37. The van der Waals surface area contributed by atoms with Crippen LogP contribution in [0.5, 0.6) is 0 Å². The molecule has 2 atom stereocenters. The molecule has 5 heteroatoms. The first-order chi connectivity index (χ1) is 10.6. The van der Waals surface area contributed by atoms with Crippen molar-refractivity contribution < 1.29 is 14.6 Å². The molecule has 22 heavy (non-hydrogen) atoms. The Kier molecular flexibility index (Phi) is 16.9. The van der Waals surface area contributed by atoms with Crippen molar-refractivity contribution in [2.24, 2.45) is 11.8 Å². The van der Waals surface area contributed by atoms with E-state index >= 15 is 0 Å². The van der Waals surface area contributed by atoms with E-state index < -0.39 is 5.97 Å². The average molecular weight is 440 g/mol. The monoisotopic (exact) mass is 440 g/mol. The summed E-state index contributed by atoms with van der Waals surface area (Å²) in [6.45, 7) is 10.1. The van der Waals surface area contributed by atoms with Gasteiger partial charge in [0.05, 0.1) is 12.7 Å². The molecule has 0 radical (unpaired) electrons. The van der Waals surface area contributed by atoms with Crippen LogP contribution in [0, 0.1) is 23.0 Å². The highest BCUT2D eigenvalue weighted by atomic mass is 127. The quantitative estimate of drug-likeness (QED) is 0.338. The summed E-state index contributed by atoms with van der Waals surface area (Å²) in [5.41, 5.74) is 0.458. The van der Waals surface area contributed by atoms with E-state index in [0.29, 0.717) is 17.9 Å². The van der Waals surface area contributed by atoms with Crippen LogP contribution in [-0.2, 0) is 9.53 Å². The van der Waals surface area contributed by atoms with Crippen molar-refractivity contribution in [2.45, 2.75) is 60.3 Å². The summed E-state index contributed by atoms with van der Waals surface area (Å²) in [5.74, 6) is 3.27. The van der Waals surface area contributed by atoms with Gasteiger partial charge in [0, 0.05) is 34.0 Å². The first kappa shape index (κ1) is 23.9. The number of carbonyl (C=O) groups is 1. The molecule has 0 heterocycles. The molecule has 3 nitrogen and oxygen atoms in total. The van der Waals surface area contributed by atoms with E-state index in [1.165, 1.54) is 16.0 Å². The Labute approximate surface area is 152 Å². The van der Waals surface area contributed by atoms with Crippen molar-refractivity contribution in [3.8, 4) is 11.2 Å². The summed E-state index contributed by atoms with van der Waals surface area (Å²) < 4.78 is 4.77. The van der Waals surface area contributed by atoms with Gasteiger partial charge in [0.15, 0.2) is 0 Å². The van der Waals surface area contributed by atoms with Crippen molar-refractivity contribution in [1.82, 2.24) is 0 Å². The van der Waals surface area contributed by atoms with Crippen molar-refractivity contribution >= 4 is 36.1 Å². The van der Waals surface area contributed by atoms with Gasteiger partial charge in [-0.2, -0.15) is 0 Å². The van der Waals surface area contributed by atoms with E-state index in [2.05, 4.69) is 39.3 Å². The molecule has 0 saturated carbocycles.